The molecule has 0 fully saturated rings. The first kappa shape index (κ1) is 26.3. The predicted octanol–water partition coefficient (Wildman–Crippen LogP) is 3.59. The standard InChI is InChI=1S/C22H21F5N4O3S/c1-12(13-6-7-17(18(24)8-13)20(28)35(2,33)34)21(32)29-11-16-10-19(22(25,26)27)30-31(16)15-5-3-4-14(23)9-15/h3-10,12,20H,11,28H2,1-2H3,(H,29,32). The molecule has 188 valence electrons. The Kier molecular flexibility index (Phi) is 7.31. The summed E-state index contributed by atoms with van der Waals surface area (Å²) in [6.07, 6.45) is -3.91. The number of rotatable bonds is 7. The summed E-state index contributed by atoms with van der Waals surface area (Å²) < 4.78 is 91.7. The van der Waals surface area contributed by atoms with Crippen molar-refractivity contribution in [3.63, 3.8) is 0 Å². The van der Waals surface area contributed by atoms with Crippen LogP contribution >= 0.6 is 0 Å². The van der Waals surface area contributed by atoms with Gasteiger partial charge in [-0.2, -0.15) is 18.3 Å². The lowest BCUT2D eigenvalue weighted by Gasteiger charge is -2.16. The highest BCUT2D eigenvalue weighted by atomic mass is 32.2. The highest BCUT2D eigenvalue weighted by Gasteiger charge is 2.35. The third-order valence-electron chi connectivity index (χ3n) is 5.26. The maximum Gasteiger partial charge on any atom is 0.435 e. The van der Waals surface area contributed by atoms with E-state index >= 15 is 0 Å². The van der Waals surface area contributed by atoms with Crippen LogP contribution in [0.15, 0.2) is 48.5 Å². The second-order valence-corrected chi connectivity index (χ2v) is 10.0. The molecule has 3 rings (SSSR count). The lowest BCUT2D eigenvalue weighted by atomic mass is 9.98. The molecular weight excluding hydrogens is 495 g/mol. The summed E-state index contributed by atoms with van der Waals surface area (Å²) in [6, 6.07) is 8.98. The number of alkyl halides is 3. The molecule has 13 heteroatoms. The van der Waals surface area contributed by atoms with Gasteiger partial charge in [-0.25, -0.2) is 21.9 Å². The second kappa shape index (κ2) is 9.74. The SMILES string of the molecule is CC(C(=O)NCc1cc(C(F)(F)F)nn1-c1cccc(F)c1)c1ccc(C(N)S(C)(=O)=O)c(F)c1. The Morgan fingerprint density at radius 2 is 1.83 bits per heavy atom. The number of benzene rings is 2. The van der Waals surface area contributed by atoms with Crippen molar-refractivity contribution in [1.82, 2.24) is 15.1 Å². The fraction of sp³-hybridized carbons (Fsp3) is 0.273. The Hall–Kier alpha value is -3.32. The zero-order valence-electron chi connectivity index (χ0n) is 18.5. The smallest absolute Gasteiger partial charge is 0.350 e. The van der Waals surface area contributed by atoms with Crippen LogP contribution in [0.3, 0.4) is 0 Å². The van der Waals surface area contributed by atoms with Crippen LogP contribution in [0.2, 0.25) is 0 Å². The molecule has 0 spiro atoms. The molecule has 0 bridgehead atoms. The van der Waals surface area contributed by atoms with Crippen LogP contribution in [0, 0.1) is 11.6 Å². The molecule has 35 heavy (non-hydrogen) atoms. The van der Waals surface area contributed by atoms with Crippen molar-refractivity contribution >= 4 is 15.7 Å². The average Bonchev–Trinajstić information content (AvgIpc) is 3.20. The summed E-state index contributed by atoms with van der Waals surface area (Å²) in [6.45, 7) is 1.05. The maximum absolute atomic E-state index is 14.5. The molecule has 1 aromatic heterocycles. The Labute approximate surface area is 197 Å². The van der Waals surface area contributed by atoms with Crippen molar-refractivity contribution in [1.29, 1.82) is 0 Å². The third kappa shape index (κ3) is 6.03. The Balaban J connectivity index is 1.82. The zero-order chi connectivity index (χ0) is 26.1. The molecule has 2 atom stereocenters. The van der Waals surface area contributed by atoms with E-state index in [0.29, 0.717) is 0 Å². The van der Waals surface area contributed by atoms with Crippen LogP contribution < -0.4 is 11.1 Å². The molecule has 3 N–H and O–H groups in total. The topological polar surface area (TPSA) is 107 Å². The molecule has 0 radical (unpaired) electrons. The van der Waals surface area contributed by atoms with Crippen molar-refractivity contribution in [2.24, 2.45) is 5.73 Å². The summed E-state index contributed by atoms with van der Waals surface area (Å²) in [5.74, 6) is -3.19. The first-order valence-electron chi connectivity index (χ1n) is 10.1. The fourth-order valence-corrected chi connectivity index (χ4v) is 3.92. The molecule has 2 unspecified atom stereocenters. The van der Waals surface area contributed by atoms with Crippen molar-refractivity contribution in [2.75, 3.05) is 6.26 Å². The van der Waals surface area contributed by atoms with E-state index in [0.717, 1.165) is 41.3 Å². The van der Waals surface area contributed by atoms with Crippen molar-refractivity contribution in [3.05, 3.63) is 82.7 Å². The van der Waals surface area contributed by atoms with Gasteiger partial charge in [0.2, 0.25) is 5.91 Å². The average molecular weight is 516 g/mol. The number of carbonyl (C=O) groups is 1. The van der Waals surface area contributed by atoms with Gasteiger partial charge in [0.05, 0.1) is 23.8 Å². The number of nitrogens with two attached hydrogens (primary N) is 1. The van der Waals surface area contributed by atoms with E-state index in [-0.39, 0.29) is 29.1 Å². The number of hydrogen-bond donors (Lipinski definition) is 2. The van der Waals surface area contributed by atoms with Crippen LogP contribution in [-0.4, -0.2) is 30.4 Å². The maximum atomic E-state index is 14.5. The summed E-state index contributed by atoms with van der Waals surface area (Å²) in [7, 11) is -3.76. The molecule has 0 saturated heterocycles. The zero-order valence-corrected chi connectivity index (χ0v) is 19.3. The number of aromatic nitrogens is 2. The van der Waals surface area contributed by atoms with E-state index in [1.54, 1.807) is 0 Å². The quantitative estimate of drug-likeness (QED) is 0.467. The molecule has 0 saturated carbocycles. The Morgan fingerprint density at radius 3 is 2.40 bits per heavy atom. The normalized spacial score (nSPS) is 13.9. The number of hydrogen-bond acceptors (Lipinski definition) is 5. The lowest BCUT2D eigenvalue weighted by Crippen LogP contribution is -2.28. The number of nitrogens with zero attached hydrogens (tertiary/aromatic N) is 2. The molecule has 1 amide bonds. The Bertz CT molecular complexity index is 1360. The van der Waals surface area contributed by atoms with E-state index < -0.39 is 50.5 Å². The fourth-order valence-electron chi connectivity index (χ4n) is 3.27. The minimum atomic E-state index is -4.77. The van der Waals surface area contributed by atoms with E-state index in [1.807, 2.05) is 0 Å². The highest BCUT2D eigenvalue weighted by molar-refractivity contribution is 7.90. The number of amides is 1. The predicted molar refractivity (Wildman–Crippen MR) is 117 cm³/mol. The number of carbonyl (C=O) groups excluding carboxylic acids is 1. The van der Waals surface area contributed by atoms with E-state index in [9.17, 15) is 35.2 Å². The first-order valence-corrected chi connectivity index (χ1v) is 12.1. The van der Waals surface area contributed by atoms with E-state index in [2.05, 4.69) is 10.4 Å². The molecular formula is C22H21F5N4O3S. The molecule has 7 nitrogen and oxygen atoms in total. The second-order valence-electron chi connectivity index (χ2n) is 7.88. The largest absolute Gasteiger partial charge is 0.435 e. The van der Waals surface area contributed by atoms with Crippen molar-refractivity contribution < 1.29 is 35.2 Å². The van der Waals surface area contributed by atoms with Crippen LogP contribution in [0.4, 0.5) is 22.0 Å². The van der Waals surface area contributed by atoms with E-state index in [4.69, 9.17) is 5.73 Å². The van der Waals surface area contributed by atoms with Gasteiger partial charge in [-0.15, -0.1) is 0 Å². The minimum absolute atomic E-state index is 0.0256. The van der Waals surface area contributed by atoms with Gasteiger partial charge in [0.15, 0.2) is 15.5 Å². The molecule has 0 aliphatic rings. The molecule has 0 aliphatic heterocycles. The summed E-state index contributed by atoms with van der Waals surface area (Å²) in [5, 5.41) is 4.38. The first-order chi connectivity index (χ1) is 16.2. The lowest BCUT2D eigenvalue weighted by molar-refractivity contribution is -0.141. The summed E-state index contributed by atoms with van der Waals surface area (Å²) in [4.78, 5) is 12.6. The monoisotopic (exact) mass is 516 g/mol. The van der Waals surface area contributed by atoms with Crippen LogP contribution in [-0.2, 0) is 27.4 Å². The number of nitrogens with one attached hydrogen (secondary N) is 1. The van der Waals surface area contributed by atoms with Crippen molar-refractivity contribution in [3.8, 4) is 5.69 Å². The Morgan fingerprint density at radius 1 is 1.14 bits per heavy atom. The molecule has 3 aromatic rings. The van der Waals surface area contributed by atoms with Gasteiger partial charge in [0, 0.05) is 11.8 Å². The third-order valence-corrected chi connectivity index (χ3v) is 6.43. The summed E-state index contributed by atoms with van der Waals surface area (Å²) >= 11 is 0. The van der Waals surface area contributed by atoms with Crippen LogP contribution in [0.25, 0.3) is 5.69 Å². The molecule has 2 aromatic carbocycles. The van der Waals surface area contributed by atoms with Crippen LogP contribution in [0.1, 0.15) is 40.7 Å². The van der Waals surface area contributed by atoms with Gasteiger partial charge < -0.3 is 11.1 Å². The van der Waals surface area contributed by atoms with Gasteiger partial charge in [-0.1, -0.05) is 18.2 Å². The number of halogens is 5. The molecule has 0 aliphatic carbocycles. The summed E-state index contributed by atoms with van der Waals surface area (Å²) in [5.41, 5.74) is 4.22. The minimum Gasteiger partial charge on any atom is -0.350 e. The van der Waals surface area contributed by atoms with Gasteiger partial charge >= 0.3 is 6.18 Å². The van der Waals surface area contributed by atoms with Crippen LogP contribution in [0.5, 0.6) is 0 Å². The van der Waals surface area contributed by atoms with Crippen molar-refractivity contribution in [2.45, 2.75) is 30.9 Å². The van der Waals surface area contributed by atoms with Gasteiger partial charge in [-0.05, 0) is 42.8 Å². The van der Waals surface area contributed by atoms with Gasteiger partial charge in [-0.3, -0.25) is 4.79 Å². The highest BCUT2D eigenvalue weighted by Crippen LogP contribution is 2.30. The molecule has 1 heterocycles. The van der Waals surface area contributed by atoms with E-state index in [1.165, 1.54) is 25.1 Å². The van der Waals surface area contributed by atoms with Gasteiger partial charge in [0.1, 0.15) is 17.0 Å². The number of sulfone groups is 1. The van der Waals surface area contributed by atoms with Gasteiger partial charge in [0.25, 0.3) is 0 Å².